The highest BCUT2D eigenvalue weighted by atomic mass is 19.1. The van der Waals surface area contributed by atoms with E-state index in [1.165, 1.54) is 34.4 Å². The molecule has 176 valence electrons. The predicted molar refractivity (Wildman–Crippen MR) is 135 cm³/mol. The van der Waals surface area contributed by atoms with Gasteiger partial charge in [-0.3, -0.25) is 9.69 Å². The molecule has 1 fully saturated rings. The van der Waals surface area contributed by atoms with Gasteiger partial charge in [0.05, 0.1) is 6.04 Å². The highest BCUT2D eigenvalue weighted by Gasteiger charge is 2.25. The molecule has 5 rings (SSSR count). The maximum atomic E-state index is 13.2. The minimum absolute atomic E-state index is 0.0818. The van der Waals surface area contributed by atoms with Crippen LogP contribution in [-0.2, 0) is 17.6 Å². The van der Waals surface area contributed by atoms with Gasteiger partial charge in [0.1, 0.15) is 5.82 Å². The number of halogens is 1. The molecule has 1 amide bonds. The Morgan fingerprint density at radius 2 is 1.41 bits per heavy atom. The van der Waals surface area contributed by atoms with Crippen LogP contribution >= 0.6 is 0 Å². The Kier molecular flexibility index (Phi) is 6.91. The molecule has 1 aliphatic heterocycles. The molecule has 0 aromatic heterocycles. The van der Waals surface area contributed by atoms with Crippen molar-refractivity contribution in [2.45, 2.75) is 31.7 Å². The Balaban J connectivity index is 1.14. The number of benzene rings is 3. The van der Waals surface area contributed by atoms with Crippen molar-refractivity contribution in [1.82, 2.24) is 10.2 Å². The van der Waals surface area contributed by atoms with E-state index in [2.05, 4.69) is 63.6 Å². The molecule has 5 heteroatoms. The fourth-order valence-electron chi connectivity index (χ4n) is 5.26. The van der Waals surface area contributed by atoms with Crippen LogP contribution < -0.4 is 10.2 Å². The van der Waals surface area contributed by atoms with Crippen LogP contribution in [0, 0.1) is 5.82 Å². The molecule has 1 aliphatic carbocycles. The van der Waals surface area contributed by atoms with E-state index in [4.69, 9.17) is 0 Å². The number of fused-ring (bicyclic) bond motifs is 2. The molecular formula is C29H32FN3O. The van der Waals surface area contributed by atoms with Crippen LogP contribution in [0.25, 0.3) is 0 Å². The summed E-state index contributed by atoms with van der Waals surface area (Å²) in [4.78, 5) is 17.7. The number of aryl methyl sites for hydroxylation is 2. The van der Waals surface area contributed by atoms with E-state index >= 15 is 0 Å². The Morgan fingerprint density at radius 1 is 0.824 bits per heavy atom. The lowest BCUT2D eigenvalue weighted by molar-refractivity contribution is -0.121. The molecular weight excluding hydrogens is 425 g/mol. The Morgan fingerprint density at radius 3 is 2.03 bits per heavy atom. The molecule has 0 radical (unpaired) electrons. The highest BCUT2D eigenvalue weighted by molar-refractivity contribution is 5.77. The molecule has 3 aromatic rings. The van der Waals surface area contributed by atoms with Gasteiger partial charge in [-0.2, -0.15) is 0 Å². The zero-order chi connectivity index (χ0) is 23.3. The Labute approximate surface area is 201 Å². The monoisotopic (exact) mass is 457 g/mol. The second-order valence-electron chi connectivity index (χ2n) is 9.31. The minimum Gasteiger partial charge on any atom is -0.369 e. The molecule has 2 aliphatic rings. The molecule has 0 spiro atoms. The largest absolute Gasteiger partial charge is 0.369 e. The van der Waals surface area contributed by atoms with E-state index < -0.39 is 0 Å². The topological polar surface area (TPSA) is 35.6 Å². The Hall–Kier alpha value is -3.18. The lowest BCUT2D eigenvalue weighted by atomic mass is 9.94. The lowest BCUT2D eigenvalue weighted by Gasteiger charge is -2.36. The zero-order valence-corrected chi connectivity index (χ0v) is 19.6. The van der Waals surface area contributed by atoms with Crippen molar-refractivity contribution >= 4 is 11.6 Å². The molecule has 1 saturated heterocycles. The van der Waals surface area contributed by atoms with E-state index in [1.807, 2.05) is 12.1 Å². The first-order valence-corrected chi connectivity index (χ1v) is 12.4. The van der Waals surface area contributed by atoms with Crippen molar-refractivity contribution in [2.75, 3.05) is 37.6 Å². The van der Waals surface area contributed by atoms with Gasteiger partial charge in [-0.15, -0.1) is 0 Å². The van der Waals surface area contributed by atoms with Gasteiger partial charge in [0, 0.05) is 38.3 Å². The van der Waals surface area contributed by atoms with Gasteiger partial charge in [-0.1, -0.05) is 48.5 Å². The summed E-state index contributed by atoms with van der Waals surface area (Å²) in [5.41, 5.74) is 6.16. The second kappa shape index (κ2) is 10.4. The average Bonchev–Trinajstić information content (AvgIpc) is 3.02. The lowest BCUT2D eigenvalue weighted by Crippen LogP contribution is -2.46. The molecule has 0 atom stereocenters. The third-order valence-electron chi connectivity index (χ3n) is 7.14. The molecule has 34 heavy (non-hydrogen) atoms. The summed E-state index contributed by atoms with van der Waals surface area (Å²) in [5.74, 6) is -0.0852. The van der Waals surface area contributed by atoms with Gasteiger partial charge < -0.3 is 10.2 Å². The number of rotatable bonds is 6. The van der Waals surface area contributed by atoms with Crippen molar-refractivity contribution in [2.24, 2.45) is 0 Å². The minimum atomic E-state index is -0.198. The number of piperazine rings is 1. The van der Waals surface area contributed by atoms with E-state index in [1.54, 1.807) is 0 Å². The van der Waals surface area contributed by atoms with E-state index in [9.17, 15) is 9.18 Å². The summed E-state index contributed by atoms with van der Waals surface area (Å²) in [6, 6.07) is 23.6. The number of carbonyl (C=O) groups excluding carboxylic acids is 1. The van der Waals surface area contributed by atoms with Crippen LogP contribution in [0.15, 0.2) is 72.8 Å². The van der Waals surface area contributed by atoms with Gasteiger partial charge in [0.2, 0.25) is 5.91 Å². The van der Waals surface area contributed by atoms with Crippen molar-refractivity contribution < 1.29 is 9.18 Å². The van der Waals surface area contributed by atoms with Gasteiger partial charge in [0.15, 0.2) is 0 Å². The number of nitrogens with zero attached hydrogens (tertiary/aromatic N) is 2. The fraction of sp³-hybridized carbons (Fsp3) is 0.345. The number of hydrogen-bond donors (Lipinski definition) is 1. The summed E-state index contributed by atoms with van der Waals surface area (Å²) < 4.78 is 13.2. The Bertz CT molecular complexity index is 1070. The van der Waals surface area contributed by atoms with E-state index in [0.29, 0.717) is 6.42 Å². The molecule has 1 N–H and O–H groups in total. The fourth-order valence-corrected chi connectivity index (χ4v) is 5.26. The van der Waals surface area contributed by atoms with Crippen LogP contribution in [0.1, 0.15) is 41.1 Å². The van der Waals surface area contributed by atoms with Crippen LogP contribution in [0.3, 0.4) is 0 Å². The molecule has 0 saturated carbocycles. The van der Waals surface area contributed by atoms with E-state index in [0.717, 1.165) is 57.7 Å². The predicted octanol–water partition coefficient (Wildman–Crippen LogP) is 4.73. The number of amides is 1. The highest BCUT2D eigenvalue weighted by Crippen LogP contribution is 2.32. The summed E-state index contributed by atoms with van der Waals surface area (Å²) >= 11 is 0. The van der Waals surface area contributed by atoms with Crippen molar-refractivity contribution in [3.8, 4) is 0 Å². The molecule has 0 bridgehead atoms. The van der Waals surface area contributed by atoms with E-state index in [-0.39, 0.29) is 17.8 Å². The summed E-state index contributed by atoms with van der Waals surface area (Å²) in [6.07, 6.45) is 3.38. The summed E-state index contributed by atoms with van der Waals surface area (Å²) in [6.45, 7) is 4.69. The SMILES string of the molecule is O=C(CCCN1CCN(c2ccc(F)cc2)CC1)NC1c2ccccc2CCc2ccccc21. The summed E-state index contributed by atoms with van der Waals surface area (Å²) in [7, 11) is 0. The number of nitrogens with one attached hydrogen (secondary N) is 1. The van der Waals surface area contributed by atoms with Crippen molar-refractivity contribution in [3.05, 3.63) is 101 Å². The maximum Gasteiger partial charge on any atom is 0.220 e. The third kappa shape index (κ3) is 5.15. The first-order chi connectivity index (χ1) is 16.7. The second-order valence-corrected chi connectivity index (χ2v) is 9.31. The summed E-state index contributed by atoms with van der Waals surface area (Å²) in [5, 5.41) is 3.35. The van der Waals surface area contributed by atoms with Gasteiger partial charge >= 0.3 is 0 Å². The van der Waals surface area contributed by atoms with Crippen molar-refractivity contribution in [3.63, 3.8) is 0 Å². The van der Waals surface area contributed by atoms with Crippen LogP contribution in [0.4, 0.5) is 10.1 Å². The number of hydrogen-bond acceptors (Lipinski definition) is 3. The average molecular weight is 458 g/mol. The van der Waals surface area contributed by atoms with Gasteiger partial charge in [-0.05, 0) is 72.3 Å². The number of carbonyl (C=O) groups is 1. The zero-order valence-electron chi connectivity index (χ0n) is 19.6. The van der Waals surface area contributed by atoms with Crippen LogP contribution in [0.2, 0.25) is 0 Å². The van der Waals surface area contributed by atoms with Crippen LogP contribution in [0.5, 0.6) is 0 Å². The molecule has 4 nitrogen and oxygen atoms in total. The molecule has 3 aromatic carbocycles. The molecule has 0 unspecified atom stereocenters. The quantitative estimate of drug-likeness (QED) is 0.581. The standard InChI is InChI=1S/C29H32FN3O/c30-24-13-15-25(16-14-24)33-20-18-32(19-21-33)17-5-10-28(34)31-29-26-8-3-1-6-22(26)11-12-23-7-2-4-9-27(23)29/h1-4,6-9,13-16,29H,5,10-12,17-21H2,(H,31,34). The van der Waals surface area contributed by atoms with Gasteiger partial charge in [0.25, 0.3) is 0 Å². The van der Waals surface area contributed by atoms with Crippen molar-refractivity contribution in [1.29, 1.82) is 0 Å². The van der Waals surface area contributed by atoms with Gasteiger partial charge in [-0.25, -0.2) is 4.39 Å². The molecule has 1 heterocycles. The van der Waals surface area contributed by atoms with Crippen LogP contribution in [-0.4, -0.2) is 43.5 Å². The smallest absolute Gasteiger partial charge is 0.220 e. The number of anilines is 1. The normalized spacial score (nSPS) is 16.4. The third-order valence-corrected chi connectivity index (χ3v) is 7.14. The maximum absolute atomic E-state index is 13.2. The first kappa shape index (κ1) is 22.6. The first-order valence-electron chi connectivity index (χ1n) is 12.4.